The van der Waals surface area contributed by atoms with E-state index in [0.717, 1.165) is 0 Å². The third kappa shape index (κ3) is 3.30. The Morgan fingerprint density at radius 3 is 2.64 bits per heavy atom. The van der Waals surface area contributed by atoms with Gasteiger partial charge >= 0.3 is 5.97 Å². The summed E-state index contributed by atoms with van der Waals surface area (Å²) < 4.78 is 4.68. The van der Waals surface area contributed by atoms with Gasteiger partial charge in [-0.1, -0.05) is 6.07 Å². The van der Waals surface area contributed by atoms with Crippen molar-refractivity contribution in [1.29, 1.82) is 0 Å². The van der Waals surface area contributed by atoms with Crippen LogP contribution < -0.4 is 5.32 Å². The molecule has 7 heteroatoms. The summed E-state index contributed by atoms with van der Waals surface area (Å²) in [6.07, 6.45) is 1.67. The topological polar surface area (TPSA) is 81.2 Å². The molecule has 22 heavy (non-hydrogen) atoms. The molecule has 0 aromatic carbocycles. The van der Waals surface area contributed by atoms with E-state index in [-0.39, 0.29) is 5.91 Å². The Labute approximate surface area is 132 Å². The standard InChI is InChI=1S/C15H17N3O3S/c1-9-11(12(19)18-15(2,3)14(20)21-4)22-13(17-9)10-7-5-6-8-16-10/h5-8H,1-4H3,(H,18,19). The Morgan fingerprint density at radius 1 is 1.32 bits per heavy atom. The number of pyridine rings is 1. The lowest BCUT2D eigenvalue weighted by molar-refractivity contribution is -0.146. The Morgan fingerprint density at radius 2 is 2.05 bits per heavy atom. The third-order valence-corrected chi connectivity index (χ3v) is 4.19. The van der Waals surface area contributed by atoms with Crippen LogP contribution in [0.2, 0.25) is 0 Å². The van der Waals surface area contributed by atoms with E-state index in [0.29, 0.717) is 21.3 Å². The second-order valence-electron chi connectivity index (χ2n) is 5.22. The van der Waals surface area contributed by atoms with Gasteiger partial charge in [0, 0.05) is 6.20 Å². The van der Waals surface area contributed by atoms with Crippen LogP contribution in [0.4, 0.5) is 0 Å². The highest BCUT2D eigenvalue weighted by molar-refractivity contribution is 7.17. The molecule has 1 N–H and O–H groups in total. The quantitative estimate of drug-likeness (QED) is 0.874. The first-order valence-corrected chi connectivity index (χ1v) is 7.46. The lowest BCUT2D eigenvalue weighted by atomic mass is 10.1. The summed E-state index contributed by atoms with van der Waals surface area (Å²) in [5, 5.41) is 3.33. The van der Waals surface area contributed by atoms with Crippen molar-refractivity contribution in [3.63, 3.8) is 0 Å². The molecule has 2 heterocycles. The Bertz CT molecular complexity index is 695. The number of nitrogens with one attached hydrogen (secondary N) is 1. The molecular weight excluding hydrogens is 302 g/mol. The summed E-state index contributed by atoms with van der Waals surface area (Å²) in [4.78, 5) is 33.1. The molecule has 0 saturated carbocycles. The number of esters is 1. The van der Waals surface area contributed by atoms with Crippen molar-refractivity contribution >= 4 is 23.2 Å². The predicted octanol–water partition coefficient (Wildman–Crippen LogP) is 2.19. The zero-order chi connectivity index (χ0) is 16.3. The highest BCUT2D eigenvalue weighted by atomic mass is 32.1. The predicted molar refractivity (Wildman–Crippen MR) is 83.6 cm³/mol. The van der Waals surface area contributed by atoms with Crippen LogP contribution in [0.3, 0.4) is 0 Å². The van der Waals surface area contributed by atoms with Gasteiger partial charge in [0.25, 0.3) is 5.91 Å². The first-order chi connectivity index (χ1) is 10.3. The molecular formula is C15H17N3O3S. The molecule has 0 fully saturated rings. The lowest BCUT2D eigenvalue weighted by Crippen LogP contribution is -2.50. The molecule has 2 aromatic rings. The van der Waals surface area contributed by atoms with Gasteiger partial charge in [-0.25, -0.2) is 9.78 Å². The molecule has 0 spiro atoms. The molecule has 2 rings (SSSR count). The van der Waals surface area contributed by atoms with Crippen LogP contribution >= 0.6 is 11.3 Å². The van der Waals surface area contributed by atoms with Crippen molar-refractivity contribution in [2.45, 2.75) is 26.3 Å². The van der Waals surface area contributed by atoms with Gasteiger partial charge in [-0.15, -0.1) is 11.3 Å². The summed E-state index contributed by atoms with van der Waals surface area (Å²) in [5.41, 5.74) is 0.207. The molecule has 6 nitrogen and oxygen atoms in total. The van der Waals surface area contributed by atoms with Crippen LogP contribution in [0.1, 0.15) is 29.2 Å². The molecule has 0 bridgehead atoms. The highest BCUT2D eigenvalue weighted by Gasteiger charge is 2.32. The molecule has 0 radical (unpaired) electrons. The number of aryl methyl sites for hydroxylation is 1. The van der Waals surface area contributed by atoms with E-state index >= 15 is 0 Å². The van der Waals surface area contributed by atoms with Crippen LogP contribution in [0.25, 0.3) is 10.7 Å². The maximum Gasteiger partial charge on any atom is 0.330 e. The Hall–Kier alpha value is -2.28. The van der Waals surface area contributed by atoms with Crippen LogP contribution in [0, 0.1) is 6.92 Å². The number of hydrogen-bond donors (Lipinski definition) is 1. The van der Waals surface area contributed by atoms with E-state index in [1.165, 1.54) is 18.4 Å². The number of aromatic nitrogens is 2. The van der Waals surface area contributed by atoms with Crippen LogP contribution in [0.5, 0.6) is 0 Å². The first-order valence-electron chi connectivity index (χ1n) is 6.65. The van der Waals surface area contributed by atoms with Gasteiger partial charge in [0.05, 0.1) is 18.5 Å². The second-order valence-corrected chi connectivity index (χ2v) is 6.22. The maximum atomic E-state index is 12.4. The number of rotatable bonds is 4. The monoisotopic (exact) mass is 319 g/mol. The van der Waals surface area contributed by atoms with Crippen LogP contribution in [-0.4, -0.2) is 34.5 Å². The number of carbonyl (C=O) groups excluding carboxylic acids is 2. The summed E-state index contributed by atoms with van der Waals surface area (Å²) in [6.45, 7) is 4.93. The van der Waals surface area contributed by atoms with Crippen molar-refractivity contribution in [3.05, 3.63) is 35.0 Å². The fourth-order valence-corrected chi connectivity index (χ4v) is 2.79. The zero-order valence-electron chi connectivity index (χ0n) is 12.8. The van der Waals surface area contributed by atoms with Crippen molar-refractivity contribution in [3.8, 4) is 10.7 Å². The van der Waals surface area contributed by atoms with Gasteiger partial charge in [0.15, 0.2) is 0 Å². The smallest absolute Gasteiger partial charge is 0.330 e. The summed E-state index contributed by atoms with van der Waals surface area (Å²) >= 11 is 1.24. The molecule has 0 aliphatic heterocycles. The van der Waals surface area contributed by atoms with Gasteiger partial charge in [0.2, 0.25) is 0 Å². The van der Waals surface area contributed by atoms with Gasteiger partial charge < -0.3 is 10.1 Å². The van der Waals surface area contributed by atoms with E-state index in [2.05, 4.69) is 20.0 Å². The number of methoxy groups -OCH3 is 1. The van der Waals surface area contributed by atoms with Crippen molar-refractivity contribution in [2.75, 3.05) is 7.11 Å². The van der Waals surface area contributed by atoms with E-state index in [1.807, 2.05) is 18.2 Å². The summed E-state index contributed by atoms with van der Waals surface area (Å²) in [5.74, 6) is -0.861. The van der Waals surface area contributed by atoms with Crippen molar-refractivity contribution < 1.29 is 14.3 Å². The fraction of sp³-hybridized carbons (Fsp3) is 0.333. The minimum absolute atomic E-state index is 0.354. The van der Waals surface area contributed by atoms with Gasteiger partial charge in [-0.3, -0.25) is 9.78 Å². The number of ether oxygens (including phenoxy) is 1. The number of hydrogen-bond acceptors (Lipinski definition) is 6. The summed E-state index contributed by atoms with van der Waals surface area (Å²) in [6, 6.07) is 5.51. The Balaban J connectivity index is 2.25. The van der Waals surface area contributed by atoms with Crippen molar-refractivity contribution in [2.24, 2.45) is 0 Å². The zero-order valence-corrected chi connectivity index (χ0v) is 13.7. The molecule has 116 valence electrons. The normalized spacial score (nSPS) is 11.1. The largest absolute Gasteiger partial charge is 0.467 e. The molecule has 2 aromatic heterocycles. The SMILES string of the molecule is COC(=O)C(C)(C)NC(=O)c1sc(-c2ccccn2)nc1C. The number of amides is 1. The lowest BCUT2D eigenvalue weighted by Gasteiger charge is -2.22. The first kappa shape index (κ1) is 16.1. The minimum Gasteiger partial charge on any atom is -0.467 e. The van der Waals surface area contributed by atoms with Gasteiger partial charge in [-0.2, -0.15) is 0 Å². The van der Waals surface area contributed by atoms with E-state index < -0.39 is 11.5 Å². The molecule has 0 aliphatic rings. The van der Waals surface area contributed by atoms with E-state index in [1.54, 1.807) is 27.0 Å². The number of thiazole rings is 1. The fourth-order valence-electron chi connectivity index (χ4n) is 1.85. The summed E-state index contributed by atoms with van der Waals surface area (Å²) in [7, 11) is 1.29. The van der Waals surface area contributed by atoms with Gasteiger partial charge in [0.1, 0.15) is 15.4 Å². The average molecular weight is 319 g/mol. The van der Waals surface area contributed by atoms with E-state index in [9.17, 15) is 9.59 Å². The van der Waals surface area contributed by atoms with Crippen LogP contribution in [0.15, 0.2) is 24.4 Å². The maximum absolute atomic E-state index is 12.4. The van der Waals surface area contributed by atoms with E-state index in [4.69, 9.17) is 0 Å². The van der Waals surface area contributed by atoms with Crippen LogP contribution in [-0.2, 0) is 9.53 Å². The minimum atomic E-state index is -1.10. The molecule has 1 amide bonds. The molecule has 0 unspecified atom stereocenters. The second kappa shape index (κ2) is 6.23. The third-order valence-electron chi connectivity index (χ3n) is 3.01. The Kier molecular flexibility index (Phi) is 4.56. The molecule has 0 saturated heterocycles. The number of carbonyl (C=O) groups is 2. The molecule has 0 atom stereocenters. The molecule has 0 aliphatic carbocycles. The number of nitrogens with zero attached hydrogens (tertiary/aromatic N) is 2. The van der Waals surface area contributed by atoms with Gasteiger partial charge in [-0.05, 0) is 32.9 Å². The highest BCUT2D eigenvalue weighted by Crippen LogP contribution is 2.26. The average Bonchev–Trinajstić information content (AvgIpc) is 2.89. The van der Waals surface area contributed by atoms with Crippen molar-refractivity contribution in [1.82, 2.24) is 15.3 Å².